The number of nitrogens with one attached hydrogen (secondary N) is 1. The second-order valence-electron chi connectivity index (χ2n) is 6.51. The van der Waals surface area contributed by atoms with Crippen LogP contribution < -0.4 is 5.32 Å². The summed E-state index contributed by atoms with van der Waals surface area (Å²) in [4.78, 5) is 33.2. The van der Waals surface area contributed by atoms with Crippen molar-refractivity contribution < 1.29 is 14.3 Å². The molecule has 2 aromatic heterocycles. The van der Waals surface area contributed by atoms with E-state index in [2.05, 4.69) is 15.3 Å². The van der Waals surface area contributed by atoms with Gasteiger partial charge in [-0.25, -0.2) is 14.8 Å². The Balaban J connectivity index is 1.34. The quantitative estimate of drug-likeness (QED) is 0.367. The number of anilines is 1. The van der Waals surface area contributed by atoms with E-state index in [0.29, 0.717) is 15.7 Å². The summed E-state index contributed by atoms with van der Waals surface area (Å²) in [5.41, 5.74) is 3.30. The number of carbonyl (C=O) groups excluding carboxylic acids is 2. The maximum Gasteiger partial charge on any atom is 0.358 e. The molecule has 4 aromatic rings. The van der Waals surface area contributed by atoms with Gasteiger partial charge in [0.2, 0.25) is 0 Å². The molecular formula is C22H16ClN3O3S2. The van der Waals surface area contributed by atoms with Crippen LogP contribution in [0.5, 0.6) is 0 Å². The summed E-state index contributed by atoms with van der Waals surface area (Å²) in [5, 5.41) is 8.49. The molecule has 4 rings (SSSR count). The third-order valence-electron chi connectivity index (χ3n) is 4.18. The molecule has 0 fully saturated rings. The fourth-order valence-electron chi connectivity index (χ4n) is 2.78. The second-order valence-corrected chi connectivity index (χ2v) is 8.86. The molecule has 1 amide bonds. The van der Waals surface area contributed by atoms with Crippen LogP contribution in [-0.2, 0) is 9.53 Å². The number of ether oxygens (including phenoxy) is 1. The SMILES string of the molecule is Cc1nc(-c2cccc(NC(=O)COC(=O)c3csc(-c4cccc(Cl)c4)n3)c2)cs1. The van der Waals surface area contributed by atoms with Crippen LogP contribution in [-0.4, -0.2) is 28.5 Å². The number of amides is 1. The van der Waals surface area contributed by atoms with Gasteiger partial charge in [-0.05, 0) is 31.2 Å². The van der Waals surface area contributed by atoms with Crippen LogP contribution in [0.1, 0.15) is 15.5 Å². The van der Waals surface area contributed by atoms with Crippen LogP contribution in [0.3, 0.4) is 0 Å². The topological polar surface area (TPSA) is 81.2 Å². The van der Waals surface area contributed by atoms with E-state index in [9.17, 15) is 9.59 Å². The fraction of sp³-hybridized carbons (Fsp3) is 0.0909. The van der Waals surface area contributed by atoms with E-state index in [1.165, 1.54) is 11.3 Å². The average Bonchev–Trinajstić information content (AvgIpc) is 3.42. The Hall–Kier alpha value is -3.07. The number of halogens is 1. The van der Waals surface area contributed by atoms with E-state index in [0.717, 1.165) is 21.8 Å². The van der Waals surface area contributed by atoms with Crippen molar-refractivity contribution in [1.82, 2.24) is 9.97 Å². The smallest absolute Gasteiger partial charge is 0.358 e. The van der Waals surface area contributed by atoms with Crippen LogP contribution in [0.25, 0.3) is 21.8 Å². The first-order valence-corrected chi connectivity index (χ1v) is 11.3. The van der Waals surface area contributed by atoms with Crippen LogP contribution in [0.15, 0.2) is 59.3 Å². The van der Waals surface area contributed by atoms with Crippen molar-refractivity contribution in [3.8, 4) is 21.8 Å². The summed E-state index contributed by atoms with van der Waals surface area (Å²) in [6, 6.07) is 14.5. The number of aromatic nitrogens is 2. The summed E-state index contributed by atoms with van der Waals surface area (Å²) >= 11 is 8.86. The molecule has 0 saturated carbocycles. The number of aryl methyl sites for hydroxylation is 1. The van der Waals surface area contributed by atoms with Crippen molar-refractivity contribution in [3.05, 3.63) is 75.0 Å². The van der Waals surface area contributed by atoms with Crippen LogP contribution in [0, 0.1) is 6.92 Å². The molecule has 0 bridgehead atoms. The lowest BCUT2D eigenvalue weighted by atomic mass is 10.1. The third kappa shape index (κ3) is 5.35. The summed E-state index contributed by atoms with van der Waals surface area (Å²) in [7, 11) is 0. The van der Waals surface area contributed by atoms with Crippen molar-refractivity contribution in [1.29, 1.82) is 0 Å². The minimum absolute atomic E-state index is 0.147. The summed E-state index contributed by atoms with van der Waals surface area (Å²) in [5.74, 6) is -1.10. The Kier molecular flexibility index (Phi) is 6.41. The zero-order valence-corrected chi connectivity index (χ0v) is 18.7. The number of esters is 1. The molecule has 1 N–H and O–H groups in total. The number of thiazole rings is 2. The number of benzene rings is 2. The molecule has 0 aliphatic carbocycles. The Bertz CT molecular complexity index is 1250. The summed E-state index contributed by atoms with van der Waals surface area (Å²) in [6.07, 6.45) is 0. The molecule has 2 aromatic carbocycles. The van der Waals surface area contributed by atoms with Crippen molar-refractivity contribution in [2.45, 2.75) is 6.92 Å². The first-order valence-electron chi connectivity index (χ1n) is 9.19. The van der Waals surface area contributed by atoms with Crippen molar-refractivity contribution in [2.24, 2.45) is 0 Å². The standard InChI is InChI=1S/C22H16ClN3O3S2/c1-13-24-18(11-30-13)14-4-3-7-17(9-14)25-20(27)10-29-22(28)19-12-31-21(26-19)15-5-2-6-16(23)8-15/h2-9,11-12H,10H2,1H3,(H,25,27). The fourth-order valence-corrected chi connectivity index (χ4v) is 4.37. The molecule has 0 unspecified atom stereocenters. The molecule has 0 aliphatic rings. The van der Waals surface area contributed by atoms with E-state index in [4.69, 9.17) is 16.3 Å². The first-order chi connectivity index (χ1) is 15.0. The van der Waals surface area contributed by atoms with Gasteiger partial charge in [-0.15, -0.1) is 22.7 Å². The lowest BCUT2D eigenvalue weighted by Crippen LogP contribution is -2.21. The number of hydrogen-bond acceptors (Lipinski definition) is 7. The van der Waals surface area contributed by atoms with Crippen molar-refractivity contribution >= 4 is 51.8 Å². The molecule has 0 spiro atoms. The van der Waals surface area contributed by atoms with Gasteiger partial charge in [-0.2, -0.15) is 0 Å². The highest BCUT2D eigenvalue weighted by molar-refractivity contribution is 7.13. The van der Waals surface area contributed by atoms with Gasteiger partial charge in [0, 0.05) is 32.6 Å². The van der Waals surface area contributed by atoms with Gasteiger partial charge in [-0.3, -0.25) is 4.79 Å². The number of rotatable bonds is 6. The molecule has 0 radical (unpaired) electrons. The van der Waals surface area contributed by atoms with E-state index < -0.39 is 18.5 Å². The highest BCUT2D eigenvalue weighted by Gasteiger charge is 2.15. The van der Waals surface area contributed by atoms with Crippen LogP contribution in [0.2, 0.25) is 5.02 Å². The molecule has 9 heteroatoms. The van der Waals surface area contributed by atoms with Gasteiger partial charge in [0.1, 0.15) is 5.01 Å². The van der Waals surface area contributed by atoms with Gasteiger partial charge >= 0.3 is 5.97 Å². The molecule has 6 nitrogen and oxygen atoms in total. The summed E-state index contributed by atoms with van der Waals surface area (Å²) in [6.45, 7) is 1.53. The zero-order valence-electron chi connectivity index (χ0n) is 16.3. The van der Waals surface area contributed by atoms with E-state index in [-0.39, 0.29) is 5.69 Å². The highest BCUT2D eigenvalue weighted by atomic mass is 35.5. The molecular weight excluding hydrogens is 454 g/mol. The van der Waals surface area contributed by atoms with Crippen LogP contribution >= 0.6 is 34.3 Å². The molecule has 0 aliphatic heterocycles. The predicted octanol–water partition coefficient (Wildman–Crippen LogP) is 5.69. The number of nitrogens with zero attached hydrogens (tertiary/aromatic N) is 2. The van der Waals surface area contributed by atoms with E-state index in [1.807, 2.05) is 42.6 Å². The second kappa shape index (κ2) is 9.38. The zero-order chi connectivity index (χ0) is 21.8. The number of carbonyl (C=O) groups is 2. The monoisotopic (exact) mass is 469 g/mol. The molecule has 0 saturated heterocycles. The molecule has 156 valence electrons. The lowest BCUT2D eigenvalue weighted by molar-refractivity contribution is -0.119. The normalized spacial score (nSPS) is 10.6. The van der Waals surface area contributed by atoms with Gasteiger partial charge < -0.3 is 10.1 Å². The van der Waals surface area contributed by atoms with E-state index in [1.54, 1.807) is 34.9 Å². The maximum atomic E-state index is 12.3. The Morgan fingerprint density at radius 2 is 1.84 bits per heavy atom. The van der Waals surface area contributed by atoms with Crippen molar-refractivity contribution in [2.75, 3.05) is 11.9 Å². The highest BCUT2D eigenvalue weighted by Crippen LogP contribution is 2.26. The molecule has 31 heavy (non-hydrogen) atoms. The van der Waals surface area contributed by atoms with E-state index >= 15 is 0 Å². The Morgan fingerprint density at radius 3 is 2.61 bits per heavy atom. The van der Waals surface area contributed by atoms with Gasteiger partial charge in [0.05, 0.1) is 10.7 Å². The van der Waals surface area contributed by atoms with Crippen molar-refractivity contribution in [3.63, 3.8) is 0 Å². The molecule has 0 atom stereocenters. The minimum atomic E-state index is -0.661. The average molecular weight is 470 g/mol. The lowest BCUT2D eigenvalue weighted by Gasteiger charge is -2.07. The maximum absolute atomic E-state index is 12.3. The van der Waals surface area contributed by atoms with Gasteiger partial charge in [0.25, 0.3) is 5.91 Å². The van der Waals surface area contributed by atoms with Gasteiger partial charge in [-0.1, -0.05) is 35.9 Å². The third-order valence-corrected chi connectivity index (χ3v) is 6.08. The van der Waals surface area contributed by atoms with Gasteiger partial charge in [0.15, 0.2) is 12.3 Å². The summed E-state index contributed by atoms with van der Waals surface area (Å²) < 4.78 is 5.11. The molecule has 2 heterocycles. The van der Waals surface area contributed by atoms with Crippen LogP contribution in [0.4, 0.5) is 5.69 Å². The number of hydrogen-bond donors (Lipinski definition) is 1. The largest absolute Gasteiger partial charge is 0.451 e. The first kappa shape index (κ1) is 21.2. The predicted molar refractivity (Wildman–Crippen MR) is 124 cm³/mol. The minimum Gasteiger partial charge on any atom is -0.451 e. The Morgan fingerprint density at radius 1 is 1.03 bits per heavy atom. The Labute approximate surface area is 191 Å².